The number of amides is 2. The van der Waals surface area contributed by atoms with E-state index in [4.69, 9.17) is 21.1 Å². The van der Waals surface area contributed by atoms with Gasteiger partial charge in [-0.2, -0.15) is 0 Å². The summed E-state index contributed by atoms with van der Waals surface area (Å²) in [6.45, 7) is 1.97. The highest BCUT2D eigenvalue weighted by molar-refractivity contribution is 6.31. The molecule has 1 heterocycles. The Morgan fingerprint density at radius 2 is 1.77 bits per heavy atom. The summed E-state index contributed by atoms with van der Waals surface area (Å²) in [5.74, 6) is -0.556. The minimum absolute atomic E-state index is 0.0233. The molecule has 7 nitrogen and oxygen atoms in total. The first-order valence-corrected chi connectivity index (χ1v) is 10.3. The number of hydrogen-bond acceptors (Lipinski definition) is 5. The Morgan fingerprint density at radius 1 is 1.10 bits per heavy atom. The van der Waals surface area contributed by atoms with Crippen LogP contribution < -0.4 is 10.1 Å². The molecule has 8 heteroatoms. The standard InChI is InChI=1S/C23H25ClN2O5/c1-16(27)26-12-10-23(11-13-26,17-6-4-3-5-7-17)22(29)31-15-21(28)25-19-14-18(24)8-9-20(19)30-2/h3-9,14H,10-13,15H2,1-2H3,(H,25,28). The van der Waals surface area contributed by atoms with E-state index >= 15 is 0 Å². The van der Waals surface area contributed by atoms with Crippen LogP contribution in [-0.2, 0) is 24.5 Å². The summed E-state index contributed by atoms with van der Waals surface area (Å²) in [6.07, 6.45) is 0.859. The molecule has 1 saturated heterocycles. The van der Waals surface area contributed by atoms with E-state index in [0.717, 1.165) is 5.56 Å². The predicted octanol–water partition coefficient (Wildman–Crippen LogP) is 3.41. The average molecular weight is 445 g/mol. The Morgan fingerprint density at radius 3 is 2.39 bits per heavy atom. The van der Waals surface area contributed by atoms with Gasteiger partial charge in [0.2, 0.25) is 5.91 Å². The van der Waals surface area contributed by atoms with Crippen LogP contribution in [0.2, 0.25) is 5.02 Å². The third kappa shape index (κ3) is 5.17. The van der Waals surface area contributed by atoms with Gasteiger partial charge in [-0.05, 0) is 36.6 Å². The van der Waals surface area contributed by atoms with E-state index < -0.39 is 23.9 Å². The molecule has 1 aliphatic heterocycles. The number of hydrogen-bond donors (Lipinski definition) is 1. The van der Waals surface area contributed by atoms with Crippen molar-refractivity contribution < 1.29 is 23.9 Å². The van der Waals surface area contributed by atoms with Gasteiger partial charge < -0.3 is 19.7 Å². The molecule has 31 heavy (non-hydrogen) atoms. The molecular formula is C23H25ClN2O5. The fourth-order valence-corrected chi connectivity index (χ4v) is 3.98. The highest BCUT2D eigenvalue weighted by Crippen LogP contribution is 2.37. The van der Waals surface area contributed by atoms with E-state index in [-0.39, 0.29) is 5.91 Å². The minimum Gasteiger partial charge on any atom is -0.495 e. The van der Waals surface area contributed by atoms with Crippen LogP contribution >= 0.6 is 11.6 Å². The molecule has 0 aliphatic carbocycles. The van der Waals surface area contributed by atoms with Gasteiger partial charge in [0.25, 0.3) is 5.91 Å². The van der Waals surface area contributed by atoms with Crippen LogP contribution in [0.25, 0.3) is 0 Å². The second kappa shape index (κ2) is 9.83. The number of methoxy groups -OCH3 is 1. The second-order valence-electron chi connectivity index (χ2n) is 7.42. The summed E-state index contributed by atoms with van der Waals surface area (Å²) in [5, 5.41) is 3.09. The maximum atomic E-state index is 13.2. The number of nitrogens with zero attached hydrogens (tertiary/aromatic N) is 1. The molecule has 1 aliphatic rings. The third-order valence-corrected chi connectivity index (χ3v) is 5.78. The molecule has 0 aromatic heterocycles. The molecular weight excluding hydrogens is 420 g/mol. The van der Waals surface area contributed by atoms with Crippen LogP contribution in [0, 0.1) is 0 Å². The van der Waals surface area contributed by atoms with Crippen molar-refractivity contribution in [3.8, 4) is 5.75 Å². The zero-order valence-corrected chi connectivity index (χ0v) is 18.3. The molecule has 2 amide bonds. The van der Waals surface area contributed by atoms with Crippen LogP contribution in [0.5, 0.6) is 5.75 Å². The van der Waals surface area contributed by atoms with E-state index in [2.05, 4.69) is 5.32 Å². The summed E-state index contributed by atoms with van der Waals surface area (Å²) < 4.78 is 10.7. The quantitative estimate of drug-likeness (QED) is 0.690. The number of carbonyl (C=O) groups excluding carboxylic acids is 3. The van der Waals surface area contributed by atoms with Gasteiger partial charge >= 0.3 is 5.97 Å². The van der Waals surface area contributed by atoms with Gasteiger partial charge in [0.05, 0.1) is 18.2 Å². The molecule has 2 aromatic carbocycles. The number of anilines is 1. The summed E-state index contributed by atoms with van der Waals surface area (Å²) in [7, 11) is 1.48. The summed E-state index contributed by atoms with van der Waals surface area (Å²) in [4.78, 5) is 39.0. The van der Waals surface area contributed by atoms with Gasteiger partial charge in [0.1, 0.15) is 5.75 Å². The van der Waals surface area contributed by atoms with Crippen molar-refractivity contribution in [3.63, 3.8) is 0 Å². The SMILES string of the molecule is COc1ccc(Cl)cc1NC(=O)COC(=O)C1(c2ccccc2)CCN(C(C)=O)CC1. The lowest BCUT2D eigenvalue weighted by Gasteiger charge is -2.40. The van der Waals surface area contributed by atoms with Gasteiger partial charge in [0, 0.05) is 25.0 Å². The van der Waals surface area contributed by atoms with Crippen molar-refractivity contribution in [2.24, 2.45) is 0 Å². The van der Waals surface area contributed by atoms with E-state index in [0.29, 0.717) is 42.4 Å². The van der Waals surface area contributed by atoms with E-state index in [1.165, 1.54) is 14.0 Å². The highest BCUT2D eigenvalue weighted by atomic mass is 35.5. The van der Waals surface area contributed by atoms with Crippen LogP contribution in [0.4, 0.5) is 5.69 Å². The zero-order valence-electron chi connectivity index (χ0n) is 17.5. The molecule has 0 unspecified atom stereocenters. The van der Waals surface area contributed by atoms with Crippen molar-refractivity contribution in [2.45, 2.75) is 25.2 Å². The lowest BCUT2D eigenvalue weighted by Crippen LogP contribution is -2.49. The Kier molecular flexibility index (Phi) is 7.17. The lowest BCUT2D eigenvalue weighted by atomic mass is 9.72. The monoisotopic (exact) mass is 444 g/mol. The molecule has 2 aromatic rings. The van der Waals surface area contributed by atoms with Crippen molar-refractivity contribution >= 4 is 35.1 Å². The summed E-state index contributed by atoms with van der Waals surface area (Å²) in [5.41, 5.74) is 0.310. The number of benzene rings is 2. The van der Waals surface area contributed by atoms with Gasteiger partial charge in [0.15, 0.2) is 6.61 Å². The predicted molar refractivity (Wildman–Crippen MR) is 117 cm³/mol. The minimum atomic E-state index is -0.902. The number of nitrogens with one attached hydrogen (secondary N) is 1. The molecule has 164 valence electrons. The first kappa shape index (κ1) is 22.6. The zero-order chi connectivity index (χ0) is 22.4. The molecule has 0 bridgehead atoms. The van der Waals surface area contributed by atoms with Crippen molar-refractivity contribution in [3.05, 3.63) is 59.1 Å². The fraction of sp³-hybridized carbons (Fsp3) is 0.348. The van der Waals surface area contributed by atoms with Crippen LogP contribution in [0.1, 0.15) is 25.3 Å². The summed E-state index contributed by atoms with van der Waals surface area (Å²) in [6, 6.07) is 14.2. The highest BCUT2D eigenvalue weighted by Gasteiger charge is 2.44. The Hall–Kier alpha value is -3.06. The van der Waals surface area contributed by atoms with Crippen LogP contribution in [-0.4, -0.2) is 49.5 Å². The molecule has 0 spiro atoms. The van der Waals surface area contributed by atoms with Crippen molar-refractivity contribution in [1.82, 2.24) is 4.90 Å². The molecule has 1 fully saturated rings. The van der Waals surface area contributed by atoms with Gasteiger partial charge in [-0.3, -0.25) is 14.4 Å². The van der Waals surface area contributed by atoms with E-state index in [1.54, 1.807) is 23.1 Å². The number of carbonyl (C=O) groups is 3. The van der Waals surface area contributed by atoms with E-state index in [1.807, 2.05) is 30.3 Å². The smallest absolute Gasteiger partial charge is 0.317 e. The fourth-order valence-electron chi connectivity index (χ4n) is 3.80. The number of piperidine rings is 1. The number of halogens is 1. The van der Waals surface area contributed by atoms with Gasteiger partial charge in [-0.1, -0.05) is 41.9 Å². The lowest BCUT2D eigenvalue weighted by molar-refractivity contribution is -0.156. The van der Waals surface area contributed by atoms with E-state index in [9.17, 15) is 14.4 Å². The third-order valence-electron chi connectivity index (χ3n) is 5.55. The second-order valence-corrected chi connectivity index (χ2v) is 7.86. The topological polar surface area (TPSA) is 84.9 Å². The number of ether oxygens (including phenoxy) is 2. The molecule has 0 saturated carbocycles. The first-order valence-electron chi connectivity index (χ1n) is 9.97. The Labute approximate surface area is 186 Å². The normalized spacial score (nSPS) is 15.1. The van der Waals surface area contributed by atoms with Crippen LogP contribution in [0.3, 0.4) is 0 Å². The number of rotatable bonds is 6. The van der Waals surface area contributed by atoms with Crippen molar-refractivity contribution in [2.75, 3.05) is 32.1 Å². The molecule has 0 atom stereocenters. The summed E-state index contributed by atoms with van der Waals surface area (Å²) >= 11 is 5.99. The molecule has 0 radical (unpaired) electrons. The number of likely N-dealkylation sites (tertiary alicyclic amines) is 1. The Balaban J connectivity index is 1.71. The molecule has 1 N–H and O–H groups in total. The van der Waals surface area contributed by atoms with Crippen LogP contribution in [0.15, 0.2) is 48.5 Å². The Bertz CT molecular complexity index is 956. The largest absolute Gasteiger partial charge is 0.495 e. The number of esters is 1. The maximum absolute atomic E-state index is 13.2. The average Bonchev–Trinajstić information content (AvgIpc) is 2.78. The van der Waals surface area contributed by atoms with Crippen molar-refractivity contribution in [1.29, 1.82) is 0 Å². The van der Waals surface area contributed by atoms with Gasteiger partial charge in [-0.25, -0.2) is 0 Å². The van der Waals surface area contributed by atoms with Gasteiger partial charge in [-0.15, -0.1) is 0 Å². The molecule has 3 rings (SSSR count). The first-order chi connectivity index (χ1) is 14.9. The maximum Gasteiger partial charge on any atom is 0.317 e.